The van der Waals surface area contributed by atoms with E-state index in [-0.39, 0.29) is 23.4 Å². The fourth-order valence-electron chi connectivity index (χ4n) is 6.60. The molecule has 0 amide bonds. The lowest BCUT2D eigenvalue weighted by Crippen LogP contribution is -2.36. The molecule has 0 spiro atoms. The number of hydrogen-bond donors (Lipinski definition) is 2. The van der Waals surface area contributed by atoms with E-state index in [1.54, 1.807) is 38.3 Å². The molecule has 0 radical (unpaired) electrons. The van der Waals surface area contributed by atoms with Gasteiger partial charge in [-0.2, -0.15) is 15.2 Å². The fourth-order valence-corrected chi connectivity index (χ4v) is 6.60. The minimum absolute atomic E-state index is 0.194. The summed E-state index contributed by atoms with van der Waals surface area (Å²) >= 11 is 0. The predicted octanol–water partition coefficient (Wildman–Crippen LogP) is 6.77. The summed E-state index contributed by atoms with van der Waals surface area (Å²) < 4.78 is 14.7. The molecule has 1 fully saturated rings. The highest BCUT2D eigenvalue weighted by Crippen LogP contribution is 2.48. The zero-order valence-electron chi connectivity index (χ0n) is 27.2. The van der Waals surface area contributed by atoms with Crippen LogP contribution in [0.25, 0.3) is 11.4 Å². The van der Waals surface area contributed by atoms with Gasteiger partial charge in [0, 0.05) is 26.0 Å². The monoisotopic (exact) mass is 615 g/mol. The van der Waals surface area contributed by atoms with E-state index in [0.29, 0.717) is 28.8 Å². The lowest BCUT2D eigenvalue weighted by molar-refractivity contribution is 0.0526. The summed E-state index contributed by atoms with van der Waals surface area (Å²) in [4.78, 5) is 26.4. The van der Waals surface area contributed by atoms with Crippen LogP contribution in [-0.4, -0.2) is 54.2 Å². The van der Waals surface area contributed by atoms with Crippen molar-refractivity contribution < 1.29 is 14.3 Å². The number of rotatable bonds is 13. The number of para-hydroxylation sites is 1. The molecule has 1 aliphatic carbocycles. The summed E-state index contributed by atoms with van der Waals surface area (Å²) in [6.45, 7) is 9.82. The molecule has 0 aliphatic heterocycles. The maximum absolute atomic E-state index is 12.9. The normalized spacial score (nSPS) is 19.7. The lowest BCUT2D eigenvalue weighted by atomic mass is 9.63. The van der Waals surface area contributed by atoms with Crippen LogP contribution < -0.4 is 15.4 Å². The molecule has 0 bridgehead atoms. The Kier molecular flexibility index (Phi) is 9.99. The van der Waals surface area contributed by atoms with Crippen LogP contribution in [0.15, 0.2) is 43.1 Å². The van der Waals surface area contributed by atoms with Gasteiger partial charge in [-0.1, -0.05) is 39.7 Å². The molecule has 240 valence electrons. The van der Waals surface area contributed by atoms with Crippen LogP contribution in [0.2, 0.25) is 0 Å². The molecule has 45 heavy (non-hydrogen) atoms. The minimum atomic E-state index is -0.533. The van der Waals surface area contributed by atoms with Crippen LogP contribution in [0.4, 0.5) is 23.1 Å². The molecule has 2 atom stereocenters. The molecule has 12 heteroatoms. The Morgan fingerprint density at radius 2 is 1.84 bits per heavy atom. The number of anilines is 4. The van der Waals surface area contributed by atoms with Gasteiger partial charge < -0.3 is 20.1 Å². The average Bonchev–Trinajstić information content (AvgIpc) is 3.68. The van der Waals surface area contributed by atoms with Crippen LogP contribution in [0.5, 0.6) is 5.75 Å². The van der Waals surface area contributed by atoms with Gasteiger partial charge in [-0.25, -0.2) is 14.8 Å². The highest BCUT2D eigenvalue weighted by Gasteiger charge is 2.38. The highest BCUT2D eigenvalue weighted by molar-refractivity contribution is 5.96. The Labute approximate surface area is 265 Å². The first-order chi connectivity index (χ1) is 21.8. The van der Waals surface area contributed by atoms with Crippen molar-refractivity contribution in [3.63, 3.8) is 0 Å². The van der Waals surface area contributed by atoms with Crippen LogP contribution in [0, 0.1) is 17.3 Å². The van der Waals surface area contributed by atoms with Gasteiger partial charge in [0.15, 0.2) is 17.4 Å². The van der Waals surface area contributed by atoms with Gasteiger partial charge >= 0.3 is 5.97 Å². The molecule has 3 aromatic heterocycles. The molecule has 2 unspecified atom stereocenters. The number of ether oxygens (including phenoxy) is 2. The van der Waals surface area contributed by atoms with Crippen LogP contribution in [0.3, 0.4) is 0 Å². The average molecular weight is 616 g/mol. The smallest absolute Gasteiger partial charge is 0.343 e. The zero-order valence-corrected chi connectivity index (χ0v) is 27.2. The first kappa shape index (κ1) is 31.9. The van der Waals surface area contributed by atoms with E-state index in [1.165, 1.54) is 38.3 Å². The summed E-state index contributed by atoms with van der Waals surface area (Å²) in [5.41, 5.74) is 2.49. The fraction of sp³-hybridized carbons (Fsp3) is 0.515. The molecule has 5 rings (SSSR count). The molecular weight excluding hydrogens is 570 g/mol. The van der Waals surface area contributed by atoms with E-state index in [9.17, 15) is 4.79 Å². The number of carbonyl (C=O) groups excluding carboxylic acids is 1. The van der Waals surface area contributed by atoms with Crippen molar-refractivity contribution in [3.05, 3.63) is 48.7 Å². The Morgan fingerprint density at radius 3 is 2.49 bits per heavy atom. The quantitative estimate of drug-likeness (QED) is 0.155. The molecular formula is C33H45N9O3. The Hall–Kier alpha value is -4.48. The SMILES string of the molecule is CCOC(=O)c1cnc(Nc2cnn(CC3(CC)CC(CC)CC(CC)C3)c2)nc1Nc1cccc(-c2ncn(C)n2)c1OC. The number of aromatic nitrogens is 7. The van der Waals surface area contributed by atoms with E-state index in [0.717, 1.165) is 30.5 Å². The molecule has 1 aliphatic rings. The van der Waals surface area contributed by atoms with Crippen molar-refractivity contribution in [1.29, 1.82) is 0 Å². The maximum atomic E-state index is 12.9. The van der Waals surface area contributed by atoms with Gasteiger partial charge in [-0.15, -0.1) is 0 Å². The summed E-state index contributed by atoms with van der Waals surface area (Å²) in [6, 6.07) is 5.56. The second kappa shape index (κ2) is 14.1. The summed E-state index contributed by atoms with van der Waals surface area (Å²) in [6.07, 6.45) is 14.3. The highest BCUT2D eigenvalue weighted by atomic mass is 16.5. The van der Waals surface area contributed by atoms with Crippen molar-refractivity contribution >= 4 is 29.1 Å². The van der Waals surface area contributed by atoms with Gasteiger partial charge in [0.25, 0.3) is 0 Å². The van der Waals surface area contributed by atoms with Crippen molar-refractivity contribution in [2.24, 2.45) is 24.3 Å². The number of carbonyl (C=O) groups is 1. The molecule has 2 N–H and O–H groups in total. The largest absolute Gasteiger partial charge is 0.494 e. The van der Waals surface area contributed by atoms with Crippen molar-refractivity contribution in [1.82, 2.24) is 34.5 Å². The van der Waals surface area contributed by atoms with Crippen molar-refractivity contribution in [3.8, 4) is 17.1 Å². The first-order valence-electron chi connectivity index (χ1n) is 15.9. The second-order valence-electron chi connectivity index (χ2n) is 12.0. The van der Waals surface area contributed by atoms with Gasteiger partial charge in [0.1, 0.15) is 11.9 Å². The third kappa shape index (κ3) is 7.26. The number of esters is 1. The van der Waals surface area contributed by atoms with E-state index in [4.69, 9.17) is 14.6 Å². The zero-order chi connectivity index (χ0) is 32.0. The third-order valence-corrected chi connectivity index (χ3v) is 9.00. The van der Waals surface area contributed by atoms with Crippen LogP contribution >= 0.6 is 0 Å². The summed E-state index contributed by atoms with van der Waals surface area (Å²) in [7, 11) is 3.38. The summed E-state index contributed by atoms with van der Waals surface area (Å²) in [5, 5.41) is 15.7. The van der Waals surface area contributed by atoms with Crippen molar-refractivity contribution in [2.45, 2.75) is 72.8 Å². The number of benzene rings is 1. The molecule has 1 aromatic carbocycles. The summed E-state index contributed by atoms with van der Waals surface area (Å²) in [5.74, 6) is 2.61. The first-order valence-corrected chi connectivity index (χ1v) is 15.9. The Bertz CT molecular complexity index is 1590. The Balaban J connectivity index is 1.40. The third-order valence-electron chi connectivity index (χ3n) is 9.00. The second-order valence-corrected chi connectivity index (χ2v) is 12.0. The standard InChI is InChI=1S/C33H45N9O3/c1-7-22-14-23(8-2)16-33(9-3,15-22)20-42-19-24(17-36-42)37-32-34-18-26(31(43)45-10-4)30(39-32)38-27-13-11-12-25(28(27)44-6)29-35-21-41(5)40-29/h11-13,17-19,21-23H,7-10,14-16,20H2,1-6H3,(H2,34,37,38,39). The lowest BCUT2D eigenvalue weighted by Gasteiger charge is -2.44. The van der Waals surface area contributed by atoms with Gasteiger partial charge in [-0.05, 0) is 62.0 Å². The van der Waals surface area contributed by atoms with Crippen LogP contribution in [0.1, 0.15) is 76.6 Å². The number of nitrogens with zero attached hydrogens (tertiary/aromatic N) is 7. The predicted molar refractivity (Wildman–Crippen MR) is 174 cm³/mol. The van der Waals surface area contributed by atoms with E-state index >= 15 is 0 Å². The molecule has 0 saturated heterocycles. The van der Waals surface area contributed by atoms with Gasteiger partial charge in [0.05, 0.1) is 36.9 Å². The van der Waals surface area contributed by atoms with Gasteiger partial charge in [0.2, 0.25) is 5.95 Å². The number of methoxy groups -OCH3 is 1. The minimum Gasteiger partial charge on any atom is -0.494 e. The number of hydrogen-bond acceptors (Lipinski definition) is 10. The maximum Gasteiger partial charge on any atom is 0.343 e. The molecule has 3 heterocycles. The van der Waals surface area contributed by atoms with Crippen LogP contribution in [-0.2, 0) is 18.3 Å². The topological polar surface area (TPSA) is 134 Å². The number of nitrogens with one attached hydrogen (secondary N) is 2. The molecule has 4 aromatic rings. The van der Waals surface area contributed by atoms with E-state index < -0.39 is 5.97 Å². The van der Waals surface area contributed by atoms with E-state index in [2.05, 4.69) is 51.5 Å². The number of aryl methyl sites for hydroxylation is 1. The van der Waals surface area contributed by atoms with Crippen molar-refractivity contribution in [2.75, 3.05) is 24.4 Å². The molecule has 1 saturated carbocycles. The Morgan fingerprint density at radius 1 is 1.07 bits per heavy atom. The molecule has 12 nitrogen and oxygen atoms in total. The van der Waals surface area contributed by atoms with Gasteiger partial charge in [-0.3, -0.25) is 9.36 Å². The van der Waals surface area contributed by atoms with E-state index in [1.807, 2.05) is 29.1 Å².